The van der Waals surface area contributed by atoms with E-state index < -0.39 is 17.6 Å². The highest BCUT2D eigenvalue weighted by molar-refractivity contribution is 6.30. The third-order valence-corrected chi connectivity index (χ3v) is 4.84. The molecule has 0 spiro atoms. The first-order valence-electron chi connectivity index (χ1n) is 9.03. The predicted molar refractivity (Wildman–Crippen MR) is 113 cm³/mol. The van der Waals surface area contributed by atoms with E-state index in [9.17, 15) is 14.4 Å². The number of methoxy groups -OCH3 is 2. The molecule has 0 atom stereocenters. The summed E-state index contributed by atoms with van der Waals surface area (Å²) in [6, 6.07) is 14.9. The van der Waals surface area contributed by atoms with Crippen molar-refractivity contribution in [2.75, 3.05) is 14.2 Å². The summed E-state index contributed by atoms with van der Waals surface area (Å²) in [5, 5.41) is 5.39. The van der Waals surface area contributed by atoms with Gasteiger partial charge in [-0.15, -0.1) is 0 Å². The van der Waals surface area contributed by atoms with Crippen LogP contribution in [0.4, 0.5) is 0 Å². The first kappa shape index (κ1) is 20.4. The molecule has 2 heterocycles. The minimum Gasteiger partial charge on any atom is -0.465 e. The Labute approximate surface area is 180 Å². The molecule has 0 aliphatic heterocycles. The molecule has 156 valence electrons. The van der Waals surface area contributed by atoms with E-state index in [0.717, 1.165) is 7.11 Å². The average Bonchev–Trinajstić information content (AvgIpc) is 3.18. The molecule has 0 amide bonds. The van der Waals surface area contributed by atoms with Crippen LogP contribution in [0.2, 0.25) is 5.02 Å². The Morgan fingerprint density at radius 2 is 1.74 bits per heavy atom. The first-order valence-corrected chi connectivity index (χ1v) is 9.41. The molecule has 9 heteroatoms. The van der Waals surface area contributed by atoms with Gasteiger partial charge in [0, 0.05) is 10.4 Å². The zero-order chi connectivity index (χ0) is 22.1. The molecule has 31 heavy (non-hydrogen) atoms. The number of nitrogens with zero attached hydrogens (tertiary/aromatic N) is 2. The van der Waals surface area contributed by atoms with Crippen molar-refractivity contribution < 1.29 is 23.5 Å². The van der Waals surface area contributed by atoms with Crippen LogP contribution < -0.4 is 5.63 Å². The second kappa shape index (κ2) is 8.08. The van der Waals surface area contributed by atoms with Crippen molar-refractivity contribution in [2.24, 2.45) is 0 Å². The molecule has 0 bridgehead atoms. The Morgan fingerprint density at radius 1 is 1.00 bits per heavy atom. The molecular weight excluding hydrogens is 424 g/mol. The number of benzene rings is 2. The zero-order valence-corrected chi connectivity index (χ0v) is 17.2. The summed E-state index contributed by atoms with van der Waals surface area (Å²) in [4.78, 5) is 38.1. The lowest BCUT2D eigenvalue weighted by atomic mass is 10.1. The van der Waals surface area contributed by atoms with Crippen molar-refractivity contribution in [3.05, 3.63) is 81.3 Å². The van der Waals surface area contributed by atoms with Gasteiger partial charge in [0.2, 0.25) is 0 Å². The van der Waals surface area contributed by atoms with Gasteiger partial charge in [-0.05, 0) is 30.3 Å². The lowest BCUT2D eigenvalue weighted by molar-refractivity contribution is 0.0549. The van der Waals surface area contributed by atoms with Crippen molar-refractivity contribution in [3.8, 4) is 16.9 Å². The lowest BCUT2D eigenvalue weighted by Gasteiger charge is -2.07. The predicted octanol–water partition coefficient (Wildman–Crippen LogP) is 3.87. The molecule has 4 aromatic rings. The van der Waals surface area contributed by atoms with Gasteiger partial charge in [0.05, 0.1) is 25.5 Å². The molecule has 0 aliphatic carbocycles. The van der Waals surface area contributed by atoms with Crippen LogP contribution in [0.25, 0.3) is 27.9 Å². The number of para-hydroxylation sites is 1. The normalized spacial score (nSPS) is 10.8. The summed E-state index contributed by atoms with van der Waals surface area (Å²) >= 11 is 6.09. The fourth-order valence-electron chi connectivity index (χ4n) is 3.21. The van der Waals surface area contributed by atoms with Crippen LogP contribution in [0, 0.1) is 0 Å². The third kappa shape index (κ3) is 3.57. The molecular formula is C22H15ClN2O6. The van der Waals surface area contributed by atoms with E-state index in [-0.39, 0.29) is 22.5 Å². The van der Waals surface area contributed by atoms with Gasteiger partial charge in [0.15, 0.2) is 5.69 Å². The highest BCUT2D eigenvalue weighted by atomic mass is 35.5. The molecule has 2 aromatic carbocycles. The first-order chi connectivity index (χ1) is 14.9. The maximum absolute atomic E-state index is 12.7. The highest BCUT2D eigenvalue weighted by Gasteiger charge is 2.32. The number of fused-ring (bicyclic) bond motifs is 1. The number of hydrogen-bond acceptors (Lipinski definition) is 7. The smallest absolute Gasteiger partial charge is 0.357 e. The van der Waals surface area contributed by atoms with Gasteiger partial charge >= 0.3 is 17.6 Å². The lowest BCUT2D eigenvalue weighted by Crippen LogP contribution is -2.15. The van der Waals surface area contributed by atoms with Gasteiger partial charge in [0.1, 0.15) is 16.8 Å². The molecule has 0 saturated heterocycles. The Balaban J connectivity index is 2.09. The van der Waals surface area contributed by atoms with Gasteiger partial charge in [-0.2, -0.15) is 5.10 Å². The molecule has 0 unspecified atom stereocenters. The summed E-state index contributed by atoms with van der Waals surface area (Å²) in [6.45, 7) is 0. The van der Waals surface area contributed by atoms with E-state index >= 15 is 0 Å². The number of carbonyl (C=O) groups is 2. The monoisotopic (exact) mass is 438 g/mol. The van der Waals surface area contributed by atoms with Crippen LogP contribution in [-0.4, -0.2) is 35.9 Å². The molecule has 0 fully saturated rings. The van der Waals surface area contributed by atoms with Crippen LogP contribution in [0.3, 0.4) is 0 Å². The molecule has 0 saturated carbocycles. The molecule has 0 aliphatic rings. The van der Waals surface area contributed by atoms with Gasteiger partial charge in [-0.3, -0.25) is 0 Å². The molecule has 8 nitrogen and oxygen atoms in total. The topological polar surface area (TPSA) is 101 Å². The van der Waals surface area contributed by atoms with Crippen LogP contribution in [0.1, 0.15) is 20.8 Å². The number of esters is 2. The van der Waals surface area contributed by atoms with Crippen LogP contribution in [0.15, 0.2) is 63.8 Å². The quantitative estimate of drug-likeness (QED) is 0.352. The van der Waals surface area contributed by atoms with Gasteiger partial charge in [0.25, 0.3) is 0 Å². The molecule has 0 radical (unpaired) electrons. The average molecular weight is 439 g/mol. The SMILES string of the molecule is COC(=O)c1c(-c2cc3ccccc3oc2=O)nn(-c2cccc(Cl)c2)c1C(=O)OC. The van der Waals surface area contributed by atoms with E-state index in [1.54, 1.807) is 54.6 Å². The molecule has 4 rings (SSSR count). The Morgan fingerprint density at radius 3 is 2.45 bits per heavy atom. The maximum Gasteiger partial charge on any atom is 0.357 e. The fourth-order valence-corrected chi connectivity index (χ4v) is 3.39. The van der Waals surface area contributed by atoms with E-state index in [2.05, 4.69) is 5.10 Å². The van der Waals surface area contributed by atoms with Crippen LogP contribution >= 0.6 is 11.6 Å². The van der Waals surface area contributed by atoms with Gasteiger partial charge in [-0.25, -0.2) is 19.1 Å². The second-order valence-electron chi connectivity index (χ2n) is 6.43. The van der Waals surface area contributed by atoms with Crippen LogP contribution in [0.5, 0.6) is 0 Å². The third-order valence-electron chi connectivity index (χ3n) is 4.60. The van der Waals surface area contributed by atoms with Gasteiger partial charge in [-0.1, -0.05) is 35.9 Å². The summed E-state index contributed by atoms with van der Waals surface area (Å²) in [7, 11) is 2.33. The standard InChI is InChI=1S/C22H15ClN2O6/c1-29-21(27)17-18(15-10-12-6-3-4-9-16(12)31-20(15)26)24-25(19(17)22(28)30-2)14-8-5-7-13(23)11-14/h3-11H,1-2H3. The van der Waals surface area contributed by atoms with Crippen molar-refractivity contribution >= 4 is 34.5 Å². The van der Waals surface area contributed by atoms with Crippen molar-refractivity contribution in [1.29, 1.82) is 0 Å². The van der Waals surface area contributed by atoms with E-state index in [1.807, 2.05) is 0 Å². The second-order valence-corrected chi connectivity index (χ2v) is 6.87. The van der Waals surface area contributed by atoms with Crippen LogP contribution in [-0.2, 0) is 9.47 Å². The number of hydrogen-bond donors (Lipinski definition) is 0. The van der Waals surface area contributed by atoms with Crippen molar-refractivity contribution in [3.63, 3.8) is 0 Å². The molecule has 2 aromatic heterocycles. The number of halogens is 1. The largest absolute Gasteiger partial charge is 0.465 e. The number of aromatic nitrogens is 2. The highest BCUT2D eigenvalue weighted by Crippen LogP contribution is 2.29. The fraction of sp³-hybridized carbons (Fsp3) is 0.0909. The van der Waals surface area contributed by atoms with Gasteiger partial charge < -0.3 is 13.9 Å². The number of carbonyl (C=O) groups excluding carboxylic acids is 2. The minimum absolute atomic E-state index is 0.00923. The minimum atomic E-state index is -0.865. The van der Waals surface area contributed by atoms with E-state index in [1.165, 1.54) is 11.8 Å². The summed E-state index contributed by atoms with van der Waals surface area (Å²) in [6.07, 6.45) is 0. The Hall–Kier alpha value is -3.91. The van der Waals surface area contributed by atoms with E-state index in [4.69, 9.17) is 25.5 Å². The number of rotatable bonds is 4. The Bertz CT molecular complexity index is 1390. The number of ether oxygens (including phenoxy) is 2. The Kier molecular flexibility index (Phi) is 5.31. The van der Waals surface area contributed by atoms with Crippen molar-refractivity contribution in [2.45, 2.75) is 0 Å². The van der Waals surface area contributed by atoms with E-state index in [0.29, 0.717) is 21.7 Å². The maximum atomic E-state index is 12.7. The zero-order valence-electron chi connectivity index (χ0n) is 16.4. The summed E-state index contributed by atoms with van der Waals surface area (Å²) in [5.74, 6) is -1.71. The summed E-state index contributed by atoms with van der Waals surface area (Å²) < 4.78 is 16.3. The summed E-state index contributed by atoms with van der Waals surface area (Å²) in [5.41, 5.74) is -0.489. The van der Waals surface area contributed by atoms with Crippen molar-refractivity contribution in [1.82, 2.24) is 9.78 Å². The molecule has 0 N–H and O–H groups in total.